The second-order valence-corrected chi connectivity index (χ2v) is 3.86. The number of carboxylic acids is 1. The van der Waals surface area contributed by atoms with Crippen molar-refractivity contribution in [3.05, 3.63) is 41.7 Å². The normalized spacial score (nSPS) is 10.6. The number of rotatable bonds is 3. The average Bonchev–Trinajstić information content (AvgIpc) is 2.62. The Kier molecular flexibility index (Phi) is 3.10. The molecule has 2 aromatic rings. The first-order chi connectivity index (χ1) is 8.47. The van der Waals surface area contributed by atoms with Crippen molar-refractivity contribution in [3.8, 4) is 11.1 Å². The molecule has 0 bridgehead atoms. The molecule has 0 radical (unpaired) electrons. The van der Waals surface area contributed by atoms with Crippen LogP contribution < -0.4 is 0 Å². The predicted molar refractivity (Wildman–Crippen MR) is 59.9 cm³/mol. The standard InChI is InChI=1S/C12H10F2N2O2/c1-16-6-9(11(15-16)5-12(17)18)8-4-7(13)2-3-10(8)14/h2-4,6H,5H2,1H3,(H,17,18). The summed E-state index contributed by atoms with van der Waals surface area (Å²) in [6.45, 7) is 0. The van der Waals surface area contributed by atoms with Crippen LogP contribution in [0.15, 0.2) is 24.4 Å². The molecule has 94 valence electrons. The minimum Gasteiger partial charge on any atom is -0.481 e. The summed E-state index contributed by atoms with van der Waals surface area (Å²) in [4.78, 5) is 10.7. The van der Waals surface area contributed by atoms with Gasteiger partial charge in [0.05, 0.1) is 12.1 Å². The maximum atomic E-state index is 13.6. The van der Waals surface area contributed by atoms with Gasteiger partial charge in [-0.3, -0.25) is 9.48 Å². The minimum atomic E-state index is -1.08. The van der Waals surface area contributed by atoms with Crippen LogP contribution in [0.3, 0.4) is 0 Å². The summed E-state index contributed by atoms with van der Waals surface area (Å²) in [6, 6.07) is 3.03. The molecule has 0 saturated carbocycles. The van der Waals surface area contributed by atoms with Gasteiger partial charge >= 0.3 is 5.97 Å². The van der Waals surface area contributed by atoms with Gasteiger partial charge in [-0.25, -0.2) is 8.78 Å². The SMILES string of the molecule is Cn1cc(-c2cc(F)ccc2F)c(CC(=O)O)n1. The molecule has 4 nitrogen and oxygen atoms in total. The van der Waals surface area contributed by atoms with E-state index in [-0.39, 0.29) is 23.2 Å². The van der Waals surface area contributed by atoms with Crippen LogP contribution in [0.1, 0.15) is 5.69 Å². The van der Waals surface area contributed by atoms with E-state index >= 15 is 0 Å². The van der Waals surface area contributed by atoms with E-state index in [9.17, 15) is 13.6 Å². The van der Waals surface area contributed by atoms with E-state index in [0.29, 0.717) is 0 Å². The van der Waals surface area contributed by atoms with Gasteiger partial charge in [0.2, 0.25) is 0 Å². The summed E-state index contributed by atoms with van der Waals surface area (Å²) in [7, 11) is 1.59. The third-order valence-corrected chi connectivity index (χ3v) is 2.44. The van der Waals surface area contributed by atoms with Crippen LogP contribution in [-0.2, 0) is 18.3 Å². The fourth-order valence-corrected chi connectivity index (χ4v) is 1.74. The van der Waals surface area contributed by atoms with Crippen molar-refractivity contribution in [2.45, 2.75) is 6.42 Å². The van der Waals surface area contributed by atoms with Crippen LogP contribution in [0.25, 0.3) is 11.1 Å². The summed E-state index contributed by atoms with van der Waals surface area (Å²) in [5.41, 5.74) is 0.505. The molecule has 0 unspecified atom stereocenters. The second kappa shape index (κ2) is 4.56. The molecule has 0 aliphatic rings. The third kappa shape index (κ3) is 2.37. The maximum Gasteiger partial charge on any atom is 0.309 e. The Balaban J connectivity index is 2.55. The van der Waals surface area contributed by atoms with Gasteiger partial charge in [0, 0.05) is 24.4 Å². The molecular weight excluding hydrogens is 242 g/mol. The van der Waals surface area contributed by atoms with E-state index in [0.717, 1.165) is 18.2 Å². The third-order valence-electron chi connectivity index (χ3n) is 2.44. The molecule has 0 amide bonds. The highest BCUT2D eigenvalue weighted by molar-refractivity contribution is 5.75. The maximum absolute atomic E-state index is 13.6. The summed E-state index contributed by atoms with van der Waals surface area (Å²) in [5, 5.41) is 12.7. The van der Waals surface area contributed by atoms with Crippen LogP contribution in [0.5, 0.6) is 0 Å². The molecule has 1 aromatic heterocycles. The Morgan fingerprint density at radius 2 is 2.11 bits per heavy atom. The lowest BCUT2D eigenvalue weighted by atomic mass is 10.0. The van der Waals surface area contributed by atoms with Gasteiger partial charge in [0.1, 0.15) is 11.6 Å². The molecule has 0 aliphatic carbocycles. The number of aliphatic carboxylic acids is 1. The number of hydrogen-bond donors (Lipinski definition) is 1. The van der Waals surface area contributed by atoms with Crippen molar-refractivity contribution < 1.29 is 18.7 Å². The monoisotopic (exact) mass is 252 g/mol. The Labute approximate surface area is 101 Å². The number of benzene rings is 1. The highest BCUT2D eigenvalue weighted by atomic mass is 19.1. The number of carbonyl (C=O) groups is 1. The van der Waals surface area contributed by atoms with Crippen molar-refractivity contribution in [1.29, 1.82) is 0 Å². The molecule has 0 aliphatic heterocycles. The molecule has 1 aromatic carbocycles. The van der Waals surface area contributed by atoms with E-state index in [4.69, 9.17) is 5.11 Å². The van der Waals surface area contributed by atoms with Gasteiger partial charge in [0.15, 0.2) is 0 Å². The lowest BCUT2D eigenvalue weighted by Gasteiger charge is -2.02. The van der Waals surface area contributed by atoms with Gasteiger partial charge in [-0.05, 0) is 18.2 Å². The number of hydrogen-bond acceptors (Lipinski definition) is 2. The van der Waals surface area contributed by atoms with Crippen molar-refractivity contribution in [3.63, 3.8) is 0 Å². The van der Waals surface area contributed by atoms with Gasteiger partial charge in [-0.2, -0.15) is 5.10 Å². The van der Waals surface area contributed by atoms with Crippen LogP contribution in [0, 0.1) is 11.6 Å². The highest BCUT2D eigenvalue weighted by Crippen LogP contribution is 2.26. The smallest absolute Gasteiger partial charge is 0.309 e. The number of aromatic nitrogens is 2. The van der Waals surface area contributed by atoms with Crippen molar-refractivity contribution >= 4 is 5.97 Å². The van der Waals surface area contributed by atoms with E-state index in [1.54, 1.807) is 7.05 Å². The summed E-state index contributed by atoms with van der Waals surface area (Å²) < 4.78 is 28.1. The van der Waals surface area contributed by atoms with Gasteiger partial charge < -0.3 is 5.11 Å². The van der Waals surface area contributed by atoms with Gasteiger partial charge in [-0.1, -0.05) is 0 Å². The Bertz CT molecular complexity index is 608. The first-order valence-electron chi connectivity index (χ1n) is 5.17. The number of halogens is 2. The van der Waals surface area contributed by atoms with Crippen LogP contribution in [-0.4, -0.2) is 20.9 Å². The summed E-state index contributed by atoms with van der Waals surface area (Å²) in [6.07, 6.45) is 1.13. The zero-order valence-corrected chi connectivity index (χ0v) is 9.52. The van der Waals surface area contributed by atoms with E-state index in [1.807, 2.05) is 0 Å². The topological polar surface area (TPSA) is 55.1 Å². The largest absolute Gasteiger partial charge is 0.481 e. The van der Waals surface area contributed by atoms with Crippen LogP contribution in [0.4, 0.5) is 8.78 Å². The van der Waals surface area contributed by atoms with Crippen LogP contribution in [0.2, 0.25) is 0 Å². The first kappa shape index (κ1) is 12.2. The Morgan fingerprint density at radius 1 is 1.39 bits per heavy atom. The zero-order chi connectivity index (χ0) is 13.3. The molecule has 0 fully saturated rings. The van der Waals surface area contributed by atoms with E-state index in [1.165, 1.54) is 10.9 Å². The highest BCUT2D eigenvalue weighted by Gasteiger charge is 2.16. The average molecular weight is 252 g/mol. The van der Waals surface area contributed by atoms with Gasteiger partial charge in [0.25, 0.3) is 0 Å². The summed E-state index contributed by atoms with van der Waals surface area (Å²) in [5.74, 6) is -2.28. The molecular formula is C12H10F2N2O2. The molecule has 0 spiro atoms. The fraction of sp³-hybridized carbons (Fsp3) is 0.167. The zero-order valence-electron chi connectivity index (χ0n) is 9.52. The minimum absolute atomic E-state index is 0.0133. The van der Waals surface area contributed by atoms with Crippen molar-refractivity contribution in [2.75, 3.05) is 0 Å². The molecule has 0 atom stereocenters. The summed E-state index contributed by atoms with van der Waals surface area (Å²) >= 11 is 0. The molecule has 6 heteroatoms. The fourth-order valence-electron chi connectivity index (χ4n) is 1.74. The molecule has 18 heavy (non-hydrogen) atoms. The number of nitrogens with zero attached hydrogens (tertiary/aromatic N) is 2. The lowest BCUT2D eigenvalue weighted by molar-refractivity contribution is -0.136. The molecule has 1 N–H and O–H groups in total. The number of aryl methyl sites for hydroxylation is 1. The van der Waals surface area contributed by atoms with Crippen molar-refractivity contribution in [2.24, 2.45) is 7.05 Å². The van der Waals surface area contributed by atoms with Crippen molar-refractivity contribution in [1.82, 2.24) is 9.78 Å². The lowest BCUT2D eigenvalue weighted by Crippen LogP contribution is -2.03. The predicted octanol–water partition coefficient (Wildman–Crippen LogP) is 1.99. The quantitative estimate of drug-likeness (QED) is 0.908. The molecule has 1 heterocycles. The van der Waals surface area contributed by atoms with E-state index in [2.05, 4.69) is 5.10 Å². The number of carboxylic acid groups (broad SMARTS) is 1. The molecule has 2 rings (SSSR count). The second-order valence-electron chi connectivity index (χ2n) is 3.86. The molecule has 0 saturated heterocycles. The first-order valence-corrected chi connectivity index (χ1v) is 5.17. The Hall–Kier alpha value is -2.24. The van der Waals surface area contributed by atoms with Crippen LogP contribution >= 0.6 is 0 Å². The van der Waals surface area contributed by atoms with E-state index < -0.39 is 17.6 Å². The van der Waals surface area contributed by atoms with Gasteiger partial charge in [-0.15, -0.1) is 0 Å². The Morgan fingerprint density at radius 3 is 2.78 bits per heavy atom.